The SMILES string of the molecule is CC(=O)N(c1ccccc1Cl)c1onc(-c2ccc(F)cc2Cl)c1-c1ccncn1. The van der Waals surface area contributed by atoms with Gasteiger partial charge < -0.3 is 4.52 Å². The molecule has 0 saturated carbocycles. The maximum absolute atomic E-state index is 13.6. The van der Waals surface area contributed by atoms with Crippen LogP contribution in [0.15, 0.2) is 65.6 Å². The number of carbonyl (C=O) groups is 1. The first-order valence-corrected chi connectivity index (χ1v) is 9.49. The average Bonchev–Trinajstić information content (AvgIpc) is 3.14. The van der Waals surface area contributed by atoms with Crippen LogP contribution in [0.5, 0.6) is 0 Å². The lowest BCUT2D eigenvalue weighted by atomic mass is 10.0. The van der Waals surface area contributed by atoms with Gasteiger partial charge in [0, 0.05) is 18.7 Å². The summed E-state index contributed by atoms with van der Waals surface area (Å²) in [4.78, 5) is 22.1. The average molecular weight is 443 g/mol. The van der Waals surface area contributed by atoms with E-state index in [0.29, 0.717) is 33.2 Å². The molecule has 9 heteroatoms. The molecule has 0 radical (unpaired) electrons. The molecule has 0 fully saturated rings. The van der Waals surface area contributed by atoms with E-state index in [1.807, 2.05) is 0 Å². The molecule has 0 aliphatic heterocycles. The van der Waals surface area contributed by atoms with Gasteiger partial charge in [0.05, 0.1) is 27.0 Å². The molecule has 0 unspecified atom stereocenters. The summed E-state index contributed by atoms with van der Waals surface area (Å²) < 4.78 is 19.2. The lowest BCUT2D eigenvalue weighted by molar-refractivity contribution is -0.116. The Morgan fingerprint density at radius 3 is 2.57 bits per heavy atom. The molecule has 2 aromatic carbocycles. The van der Waals surface area contributed by atoms with Crippen molar-refractivity contribution in [1.82, 2.24) is 15.1 Å². The van der Waals surface area contributed by atoms with Crippen molar-refractivity contribution in [2.75, 3.05) is 4.90 Å². The van der Waals surface area contributed by atoms with E-state index in [0.717, 1.165) is 0 Å². The van der Waals surface area contributed by atoms with Gasteiger partial charge in [0.2, 0.25) is 11.8 Å². The van der Waals surface area contributed by atoms with E-state index in [1.54, 1.807) is 36.5 Å². The van der Waals surface area contributed by atoms with Crippen LogP contribution >= 0.6 is 23.2 Å². The van der Waals surface area contributed by atoms with Crippen molar-refractivity contribution in [3.63, 3.8) is 0 Å². The Labute approximate surface area is 180 Å². The van der Waals surface area contributed by atoms with E-state index in [4.69, 9.17) is 27.7 Å². The summed E-state index contributed by atoms with van der Waals surface area (Å²) >= 11 is 12.6. The summed E-state index contributed by atoms with van der Waals surface area (Å²) in [5.74, 6) is -0.742. The minimum absolute atomic E-state index is 0.102. The topological polar surface area (TPSA) is 72.1 Å². The first-order chi connectivity index (χ1) is 14.5. The molecule has 4 aromatic rings. The molecule has 0 aliphatic carbocycles. The summed E-state index contributed by atoms with van der Waals surface area (Å²) in [6.07, 6.45) is 2.90. The second kappa shape index (κ2) is 8.22. The minimum Gasteiger partial charge on any atom is -0.336 e. The Bertz CT molecular complexity index is 1230. The second-order valence-corrected chi connectivity index (χ2v) is 7.05. The highest BCUT2D eigenvalue weighted by molar-refractivity contribution is 6.34. The molecule has 150 valence electrons. The first kappa shape index (κ1) is 20.0. The van der Waals surface area contributed by atoms with Crippen LogP contribution in [0.4, 0.5) is 16.0 Å². The number of benzene rings is 2. The van der Waals surface area contributed by atoms with E-state index in [2.05, 4.69) is 15.1 Å². The van der Waals surface area contributed by atoms with Crippen molar-refractivity contribution < 1.29 is 13.7 Å². The van der Waals surface area contributed by atoms with Gasteiger partial charge in [-0.3, -0.25) is 4.79 Å². The van der Waals surface area contributed by atoms with Gasteiger partial charge in [-0.2, -0.15) is 0 Å². The number of hydrogen-bond acceptors (Lipinski definition) is 5. The van der Waals surface area contributed by atoms with Crippen LogP contribution in [0.25, 0.3) is 22.5 Å². The zero-order valence-electron chi connectivity index (χ0n) is 15.5. The van der Waals surface area contributed by atoms with Gasteiger partial charge in [-0.05, 0) is 36.4 Å². The highest BCUT2D eigenvalue weighted by Crippen LogP contribution is 2.44. The van der Waals surface area contributed by atoms with E-state index < -0.39 is 5.82 Å². The molecule has 0 spiro atoms. The van der Waals surface area contributed by atoms with Gasteiger partial charge in [0.15, 0.2) is 0 Å². The standard InChI is InChI=1S/C21H13Cl2FN4O2/c1-12(29)28(18-5-3-2-4-15(18)22)21-19(17-8-9-25-11-26-17)20(27-30-21)14-7-6-13(24)10-16(14)23/h2-11H,1H3. The van der Waals surface area contributed by atoms with Crippen LogP contribution in [0.2, 0.25) is 10.0 Å². The third-order valence-electron chi connectivity index (χ3n) is 4.31. The number of amides is 1. The molecule has 30 heavy (non-hydrogen) atoms. The maximum atomic E-state index is 13.6. The molecular weight excluding hydrogens is 430 g/mol. The van der Waals surface area contributed by atoms with Crippen molar-refractivity contribution in [2.45, 2.75) is 6.92 Å². The molecule has 0 saturated heterocycles. The predicted molar refractivity (Wildman–Crippen MR) is 112 cm³/mol. The molecule has 2 aromatic heterocycles. The van der Waals surface area contributed by atoms with Crippen molar-refractivity contribution in [3.05, 3.63) is 76.9 Å². The van der Waals surface area contributed by atoms with Crippen LogP contribution < -0.4 is 4.90 Å². The van der Waals surface area contributed by atoms with E-state index in [-0.39, 0.29) is 16.8 Å². The fourth-order valence-electron chi connectivity index (χ4n) is 3.02. The second-order valence-electron chi connectivity index (χ2n) is 6.24. The molecule has 4 rings (SSSR count). The van der Waals surface area contributed by atoms with Crippen LogP contribution in [-0.4, -0.2) is 21.0 Å². The highest BCUT2D eigenvalue weighted by atomic mass is 35.5. The minimum atomic E-state index is -0.488. The first-order valence-electron chi connectivity index (χ1n) is 8.74. The van der Waals surface area contributed by atoms with Crippen LogP contribution in [0.3, 0.4) is 0 Å². The van der Waals surface area contributed by atoms with Gasteiger partial charge in [-0.15, -0.1) is 0 Å². The van der Waals surface area contributed by atoms with Crippen molar-refractivity contribution in [3.8, 4) is 22.5 Å². The number of halogens is 3. The van der Waals surface area contributed by atoms with Gasteiger partial charge in [0.1, 0.15) is 17.8 Å². The summed E-state index contributed by atoms with van der Waals surface area (Å²) in [7, 11) is 0. The molecule has 2 heterocycles. The summed E-state index contributed by atoms with van der Waals surface area (Å²) in [5.41, 5.74) is 1.96. The van der Waals surface area contributed by atoms with Crippen molar-refractivity contribution in [1.29, 1.82) is 0 Å². The summed E-state index contributed by atoms with van der Waals surface area (Å²) in [5, 5.41) is 4.62. The smallest absolute Gasteiger partial charge is 0.248 e. The van der Waals surface area contributed by atoms with Crippen LogP contribution in [0, 0.1) is 5.82 Å². The predicted octanol–water partition coefficient (Wildman–Crippen LogP) is 5.93. The number of rotatable bonds is 4. The molecule has 0 atom stereocenters. The van der Waals surface area contributed by atoms with Gasteiger partial charge in [0.25, 0.3) is 0 Å². The number of nitrogens with zero attached hydrogens (tertiary/aromatic N) is 4. The van der Waals surface area contributed by atoms with Gasteiger partial charge >= 0.3 is 0 Å². The van der Waals surface area contributed by atoms with Crippen molar-refractivity contribution in [2.24, 2.45) is 0 Å². The fourth-order valence-corrected chi connectivity index (χ4v) is 3.50. The molecular formula is C21H13Cl2FN4O2. The third kappa shape index (κ3) is 3.65. The number of aromatic nitrogens is 3. The summed E-state index contributed by atoms with van der Waals surface area (Å²) in [6, 6.07) is 12.4. The number of hydrogen-bond donors (Lipinski definition) is 0. The number of carbonyl (C=O) groups excluding carboxylic acids is 1. The van der Waals surface area contributed by atoms with Crippen LogP contribution in [0.1, 0.15) is 6.92 Å². The molecule has 0 N–H and O–H groups in total. The van der Waals surface area contributed by atoms with Gasteiger partial charge in [-0.1, -0.05) is 40.5 Å². The maximum Gasteiger partial charge on any atom is 0.248 e. The Balaban J connectivity index is 2.00. The Morgan fingerprint density at radius 2 is 1.90 bits per heavy atom. The van der Waals surface area contributed by atoms with Crippen molar-refractivity contribution >= 4 is 40.7 Å². The van der Waals surface area contributed by atoms with E-state index >= 15 is 0 Å². The molecule has 1 amide bonds. The van der Waals surface area contributed by atoms with Crippen LogP contribution in [-0.2, 0) is 4.79 Å². The largest absolute Gasteiger partial charge is 0.336 e. The van der Waals surface area contributed by atoms with Gasteiger partial charge in [-0.25, -0.2) is 19.3 Å². The van der Waals surface area contributed by atoms with E-state index in [1.165, 1.54) is 36.4 Å². The molecule has 0 aliphatic rings. The highest BCUT2D eigenvalue weighted by Gasteiger charge is 2.30. The third-order valence-corrected chi connectivity index (χ3v) is 4.94. The normalized spacial score (nSPS) is 10.8. The monoisotopic (exact) mass is 442 g/mol. The molecule has 6 nitrogen and oxygen atoms in total. The Morgan fingerprint density at radius 1 is 1.10 bits per heavy atom. The lowest BCUT2D eigenvalue weighted by Gasteiger charge is -2.20. The number of para-hydroxylation sites is 1. The van der Waals surface area contributed by atoms with E-state index in [9.17, 15) is 9.18 Å². The number of anilines is 2. The Kier molecular flexibility index (Phi) is 5.48. The molecule has 0 bridgehead atoms. The lowest BCUT2D eigenvalue weighted by Crippen LogP contribution is -2.23. The fraction of sp³-hybridized carbons (Fsp3) is 0.0476. The zero-order chi connectivity index (χ0) is 21.3. The Hall–Kier alpha value is -3.29. The summed E-state index contributed by atoms with van der Waals surface area (Å²) in [6.45, 7) is 1.38. The quantitative estimate of drug-likeness (QED) is 0.391. The zero-order valence-corrected chi connectivity index (χ0v) is 17.0.